The Labute approximate surface area is 173 Å². The van der Waals surface area contributed by atoms with Crippen LogP contribution in [0.2, 0.25) is 0 Å². The SMILES string of the molecule is CC1(C)OB(c2ccc3c(c2)/C(=C/c2ccccc2)c2ccccc2-3)OC1(C)C. The minimum Gasteiger partial charge on any atom is -0.399 e. The molecule has 3 aromatic carbocycles. The first kappa shape index (κ1) is 18.4. The van der Waals surface area contributed by atoms with Gasteiger partial charge in [-0.05, 0) is 72.6 Å². The summed E-state index contributed by atoms with van der Waals surface area (Å²) < 4.78 is 12.6. The van der Waals surface area contributed by atoms with Crippen molar-refractivity contribution in [3.8, 4) is 11.1 Å². The average molecular weight is 380 g/mol. The molecule has 1 fully saturated rings. The molecule has 0 radical (unpaired) electrons. The second-order valence-electron chi connectivity index (χ2n) is 8.91. The monoisotopic (exact) mass is 380 g/mol. The van der Waals surface area contributed by atoms with Crippen molar-refractivity contribution >= 4 is 24.2 Å². The van der Waals surface area contributed by atoms with Crippen LogP contribution in [0.1, 0.15) is 44.4 Å². The third kappa shape index (κ3) is 2.97. The van der Waals surface area contributed by atoms with E-state index in [1.807, 2.05) is 0 Å². The lowest BCUT2D eigenvalue weighted by Gasteiger charge is -2.32. The molecular formula is C26H25BO2. The van der Waals surface area contributed by atoms with Crippen molar-refractivity contribution in [3.63, 3.8) is 0 Å². The third-order valence-corrected chi connectivity index (χ3v) is 6.48. The Kier molecular flexibility index (Phi) is 4.09. The van der Waals surface area contributed by atoms with Gasteiger partial charge < -0.3 is 9.31 Å². The predicted octanol–water partition coefficient (Wildman–Crippen LogP) is 5.56. The molecule has 0 amide bonds. The fraction of sp³-hybridized carbons (Fsp3) is 0.231. The molecule has 1 heterocycles. The zero-order chi connectivity index (χ0) is 20.2. The van der Waals surface area contributed by atoms with Gasteiger partial charge in [-0.3, -0.25) is 0 Å². The van der Waals surface area contributed by atoms with Crippen molar-refractivity contribution in [1.29, 1.82) is 0 Å². The number of fused-ring (bicyclic) bond motifs is 3. The van der Waals surface area contributed by atoms with E-state index in [0.29, 0.717) is 0 Å². The summed E-state index contributed by atoms with van der Waals surface area (Å²) in [5.41, 5.74) is 7.89. The maximum atomic E-state index is 6.30. The van der Waals surface area contributed by atoms with Gasteiger partial charge in [0.25, 0.3) is 0 Å². The van der Waals surface area contributed by atoms with Crippen molar-refractivity contribution < 1.29 is 9.31 Å². The van der Waals surface area contributed by atoms with E-state index < -0.39 is 0 Å². The van der Waals surface area contributed by atoms with Crippen LogP contribution in [0.25, 0.3) is 22.8 Å². The third-order valence-electron chi connectivity index (χ3n) is 6.48. The van der Waals surface area contributed by atoms with Crippen molar-refractivity contribution in [1.82, 2.24) is 0 Å². The van der Waals surface area contributed by atoms with Crippen LogP contribution in [0.4, 0.5) is 0 Å². The highest BCUT2D eigenvalue weighted by Crippen LogP contribution is 2.45. The summed E-state index contributed by atoms with van der Waals surface area (Å²) in [7, 11) is -0.355. The molecule has 1 aliphatic heterocycles. The summed E-state index contributed by atoms with van der Waals surface area (Å²) >= 11 is 0. The Morgan fingerprint density at radius 1 is 0.655 bits per heavy atom. The lowest BCUT2D eigenvalue weighted by molar-refractivity contribution is 0.00578. The second-order valence-corrected chi connectivity index (χ2v) is 8.91. The molecule has 0 spiro atoms. The summed E-state index contributed by atoms with van der Waals surface area (Å²) in [4.78, 5) is 0. The van der Waals surface area contributed by atoms with Gasteiger partial charge in [-0.25, -0.2) is 0 Å². The van der Waals surface area contributed by atoms with Gasteiger partial charge in [0.15, 0.2) is 0 Å². The Morgan fingerprint density at radius 3 is 1.93 bits per heavy atom. The van der Waals surface area contributed by atoms with Crippen molar-refractivity contribution in [3.05, 3.63) is 89.5 Å². The lowest BCUT2D eigenvalue weighted by Crippen LogP contribution is -2.41. The zero-order valence-corrected chi connectivity index (χ0v) is 17.4. The topological polar surface area (TPSA) is 18.5 Å². The second kappa shape index (κ2) is 6.45. The molecule has 0 atom stereocenters. The molecule has 1 aliphatic carbocycles. The maximum absolute atomic E-state index is 6.30. The summed E-state index contributed by atoms with van der Waals surface area (Å²) in [5, 5.41) is 0. The minimum atomic E-state index is -0.355. The van der Waals surface area contributed by atoms with Crippen LogP contribution in [-0.4, -0.2) is 18.3 Å². The van der Waals surface area contributed by atoms with Gasteiger partial charge >= 0.3 is 7.12 Å². The Morgan fingerprint density at radius 2 is 1.24 bits per heavy atom. The fourth-order valence-electron chi connectivity index (χ4n) is 4.11. The van der Waals surface area contributed by atoms with Crippen LogP contribution in [0.5, 0.6) is 0 Å². The van der Waals surface area contributed by atoms with Crippen LogP contribution < -0.4 is 5.46 Å². The van der Waals surface area contributed by atoms with E-state index in [2.05, 4.69) is 107 Å². The molecule has 2 aliphatic rings. The molecule has 1 saturated heterocycles. The van der Waals surface area contributed by atoms with Gasteiger partial charge in [0.2, 0.25) is 0 Å². The van der Waals surface area contributed by atoms with Crippen LogP contribution in [0, 0.1) is 0 Å². The molecule has 0 N–H and O–H groups in total. The molecule has 0 bridgehead atoms. The largest absolute Gasteiger partial charge is 0.494 e. The van der Waals surface area contributed by atoms with E-state index in [1.54, 1.807) is 0 Å². The Balaban J connectivity index is 1.62. The number of benzene rings is 3. The van der Waals surface area contributed by atoms with Gasteiger partial charge in [0, 0.05) is 0 Å². The molecule has 5 rings (SSSR count). The number of hydrogen-bond donors (Lipinski definition) is 0. The lowest BCUT2D eigenvalue weighted by atomic mass is 9.77. The fourth-order valence-corrected chi connectivity index (χ4v) is 4.11. The highest BCUT2D eigenvalue weighted by atomic mass is 16.7. The van der Waals surface area contributed by atoms with E-state index in [0.717, 1.165) is 5.46 Å². The van der Waals surface area contributed by atoms with Crippen molar-refractivity contribution in [2.75, 3.05) is 0 Å². The minimum absolute atomic E-state index is 0.345. The van der Waals surface area contributed by atoms with Crippen molar-refractivity contribution in [2.24, 2.45) is 0 Å². The molecule has 3 heteroatoms. The van der Waals surface area contributed by atoms with Crippen molar-refractivity contribution in [2.45, 2.75) is 38.9 Å². The molecule has 0 aromatic heterocycles. The van der Waals surface area contributed by atoms with E-state index in [9.17, 15) is 0 Å². The molecule has 144 valence electrons. The van der Waals surface area contributed by atoms with E-state index in [4.69, 9.17) is 9.31 Å². The van der Waals surface area contributed by atoms with E-state index in [1.165, 1.54) is 33.4 Å². The molecule has 3 aromatic rings. The molecule has 29 heavy (non-hydrogen) atoms. The highest BCUT2D eigenvalue weighted by molar-refractivity contribution is 6.62. The molecule has 0 unspecified atom stereocenters. The first-order valence-electron chi connectivity index (χ1n) is 10.2. The van der Waals surface area contributed by atoms with Gasteiger partial charge in [-0.1, -0.05) is 72.8 Å². The number of hydrogen-bond acceptors (Lipinski definition) is 2. The summed E-state index contributed by atoms with van der Waals surface area (Å²) in [5.74, 6) is 0. The first-order valence-corrected chi connectivity index (χ1v) is 10.2. The van der Waals surface area contributed by atoms with Gasteiger partial charge in [0.1, 0.15) is 0 Å². The van der Waals surface area contributed by atoms with E-state index >= 15 is 0 Å². The summed E-state index contributed by atoms with van der Waals surface area (Å²) in [6.45, 7) is 8.38. The van der Waals surface area contributed by atoms with Gasteiger partial charge in [-0.15, -0.1) is 0 Å². The van der Waals surface area contributed by atoms with Gasteiger partial charge in [0.05, 0.1) is 11.2 Å². The standard InChI is InChI=1S/C26H25BO2/c1-25(2)26(3,4)29-27(28-25)19-14-15-22-20-12-8-9-13-21(20)23(24(22)17-19)16-18-10-6-5-7-11-18/h5-17H,1-4H3/b23-16+. The van der Waals surface area contributed by atoms with Crippen LogP contribution in [0.3, 0.4) is 0 Å². The summed E-state index contributed by atoms with van der Waals surface area (Å²) in [6, 6.07) is 25.7. The molecular weight excluding hydrogens is 355 g/mol. The number of rotatable bonds is 2. The Hall–Kier alpha value is -2.62. The first-order chi connectivity index (χ1) is 13.9. The maximum Gasteiger partial charge on any atom is 0.494 e. The smallest absolute Gasteiger partial charge is 0.399 e. The van der Waals surface area contributed by atoms with Crippen LogP contribution in [0.15, 0.2) is 72.8 Å². The average Bonchev–Trinajstić information content (AvgIpc) is 3.13. The molecule has 0 saturated carbocycles. The van der Waals surface area contributed by atoms with Crippen LogP contribution in [-0.2, 0) is 9.31 Å². The van der Waals surface area contributed by atoms with Crippen LogP contribution >= 0.6 is 0 Å². The highest BCUT2D eigenvalue weighted by Gasteiger charge is 2.51. The van der Waals surface area contributed by atoms with E-state index in [-0.39, 0.29) is 18.3 Å². The Bertz CT molecular complexity index is 1100. The predicted molar refractivity (Wildman–Crippen MR) is 121 cm³/mol. The normalized spacial score (nSPS) is 20.0. The summed E-state index contributed by atoms with van der Waals surface area (Å²) in [6.07, 6.45) is 2.28. The quantitative estimate of drug-likeness (QED) is 0.424. The molecule has 2 nitrogen and oxygen atoms in total. The van der Waals surface area contributed by atoms with Gasteiger partial charge in [-0.2, -0.15) is 0 Å². The zero-order valence-electron chi connectivity index (χ0n) is 17.4.